The van der Waals surface area contributed by atoms with E-state index in [0.717, 1.165) is 37.9 Å². The maximum atomic E-state index is 5.71. The average molecular weight is 278 g/mol. The first-order valence-electron chi connectivity index (χ1n) is 7.93. The fourth-order valence-corrected chi connectivity index (χ4v) is 3.38. The normalized spacial score (nSPS) is 27.6. The predicted molar refractivity (Wildman–Crippen MR) is 79.9 cm³/mol. The molecule has 0 aromatic carbocycles. The van der Waals surface area contributed by atoms with Gasteiger partial charge in [-0.1, -0.05) is 13.3 Å². The lowest BCUT2D eigenvalue weighted by Gasteiger charge is -2.46. The van der Waals surface area contributed by atoms with Gasteiger partial charge in [0.05, 0.1) is 5.69 Å². The van der Waals surface area contributed by atoms with Gasteiger partial charge in [0, 0.05) is 31.7 Å². The van der Waals surface area contributed by atoms with Crippen LogP contribution in [0.4, 0.5) is 6.01 Å². The number of piperazine rings is 1. The zero-order chi connectivity index (χ0) is 13.9. The van der Waals surface area contributed by atoms with Gasteiger partial charge in [0.15, 0.2) is 0 Å². The molecule has 3 rings (SSSR count). The Morgan fingerprint density at radius 3 is 3.15 bits per heavy atom. The van der Waals surface area contributed by atoms with Crippen molar-refractivity contribution in [3.63, 3.8) is 0 Å². The Morgan fingerprint density at radius 1 is 1.40 bits per heavy atom. The lowest BCUT2D eigenvalue weighted by molar-refractivity contribution is 0.113. The molecule has 0 radical (unpaired) electrons. The third-order valence-electron chi connectivity index (χ3n) is 4.53. The van der Waals surface area contributed by atoms with Crippen LogP contribution in [0, 0.1) is 0 Å². The topological polar surface area (TPSA) is 44.5 Å². The summed E-state index contributed by atoms with van der Waals surface area (Å²) in [7, 11) is 0. The minimum Gasteiger partial charge on any atom is -0.432 e. The number of nitrogens with zero attached hydrogens (tertiary/aromatic N) is 3. The molecule has 0 amide bonds. The molecule has 20 heavy (non-hydrogen) atoms. The quantitative estimate of drug-likeness (QED) is 0.910. The number of hydrogen-bond donors (Lipinski definition) is 1. The van der Waals surface area contributed by atoms with Crippen LogP contribution in [-0.4, -0.2) is 48.1 Å². The van der Waals surface area contributed by atoms with Gasteiger partial charge < -0.3 is 14.6 Å². The standard InChI is InChI=1S/C15H26N4O/c1-3-16-8-13-11-20-15(17-13)19-10-14-6-4-5-7-18(14)9-12(19)2/h11-12,14,16H,3-10H2,1-2H3. The minimum absolute atomic E-state index is 0.481. The molecule has 2 unspecified atom stereocenters. The van der Waals surface area contributed by atoms with Crippen molar-refractivity contribution >= 4 is 6.01 Å². The molecule has 2 aliphatic rings. The van der Waals surface area contributed by atoms with Gasteiger partial charge in [-0.2, -0.15) is 4.98 Å². The third-order valence-corrected chi connectivity index (χ3v) is 4.53. The van der Waals surface area contributed by atoms with Gasteiger partial charge in [-0.05, 0) is 32.9 Å². The van der Waals surface area contributed by atoms with Crippen LogP contribution in [0.2, 0.25) is 0 Å². The monoisotopic (exact) mass is 278 g/mol. The molecule has 1 aromatic heterocycles. The Hall–Kier alpha value is -1.07. The van der Waals surface area contributed by atoms with Gasteiger partial charge in [0.25, 0.3) is 6.01 Å². The second-order valence-electron chi connectivity index (χ2n) is 6.05. The molecule has 0 spiro atoms. The highest BCUT2D eigenvalue weighted by molar-refractivity contribution is 5.31. The van der Waals surface area contributed by atoms with Crippen molar-refractivity contribution in [2.24, 2.45) is 0 Å². The van der Waals surface area contributed by atoms with Crippen molar-refractivity contribution in [1.29, 1.82) is 0 Å². The van der Waals surface area contributed by atoms with Gasteiger partial charge in [0.2, 0.25) is 0 Å². The van der Waals surface area contributed by atoms with Crippen molar-refractivity contribution in [2.45, 2.75) is 51.7 Å². The van der Waals surface area contributed by atoms with Gasteiger partial charge in [-0.15, -0.1) is 0 Å². The Labute approximate surface area is 121 Å². The number of nitrogens with one attached hydrogen (secondary N) is 1. The number of aromatic nitrogens is 1. The number of fused-ring (bicyclic) bond motifs is 1. The summed E-state index contributed by atoms with van der Waals surface area (Å²) in [5.41, 5.74) is 1.00. The van der Waals surface area contributed by atoms with E-state index in [0.29, 0.717) is 12.1 Å². The lowest BCUT2D eigenvalue weighted by atomic mass is 9.97. The van der Waals surface area contributed by atoms with Crippen LogP contribution in [0.1, 0.15) is 38.8 Å². The molecule has 5 heteroatoms. The minimum atomic E-state index is 0.481. The molecule has 2 saturated heterocycles. The number of oxazole rings is 1. The van der Waals surface area contributed by atoms with E-state index in [1.165, 1.54) is 25.8 Å². The Morgan fingerprint density at radius 2 is 2.30 bits per heavy atom. The van der Waals surface area contributed by atoms with Crippen LogP contribution < -0.4 is 10.2 Å². The molecule has 112 valence electrons. The number of hydrogen-bond acceptors (Lipinski definition) is 5. The molecule has 0 aliphatic carbocycles. The second-order valence-corrected chi connectivity index (χ2v) is 6.05. The zero-order valence-corrected chi connectivity index (χ0v) is 12.6. The number of rotatable bonds is 4. The van der Waals surface area contributed by atoms with E-state index >= 15 is 0 Å². The van der Waals surface area contributed by atoms with Gasteiger partial charge in [0.1, 0.15) is 6.26 Å². The maximum Gasteiger partial charge on any atom is 0.297 e. The van der Waals surface area contributed by atoms with Crippen LogP contribution in [0.15, 0.2) is 10.7 Å². The average Bonchev–Trinajstić information content (AvgIpc) is 2.93. The van der Waals surface area contributed by atoms with E-state index in [1.54, 1.807) is 6.26 Å². The summed E-state index contributed by atoms with van der Waals surface area (Å²) in [6.07, 6.45) is 5.82. The van der Waals surface area contributed by atoms with Crippen LogP contribution in [0.5, 0.6) is 0 Å². The fourth-order valence-electron chi connectivity index (χ4n) is 3.38. The molecular weight excluding hydrogens is 252 g/mol. The van der Waals surface area contributed by atoms with E-state index in [2.05, 4.69) is 33.9 Å². The smallest absolute Gasteiger partial charge is 0.297 e. The molecule has 0 saturated carbocycles. The van der Waals surface area contributed by atoms with Crippen molar-refractivity contribution in [1.82, 2.24) is 15.2 Å². The molecule has 5 nitrogen and oxygen atoms in total. The van der Waals surface area contributed by atoms with Crippen LogP contribution in [-0.2, 0) is 6.54 Å². The van der Waals surface area contributed by atoms with E-state index in [1.807, 2.05) is 0 Å². The summed E-state index contributed by atoms with van der Waals surface area (Å²) in [5.74, 6) is 0. The second kappa shape index (κ2) is 6.14. The lowest BCUT2D eigenvalue weighted by Crippen LogP contribution is -2.59. The SMILES string of the molecule is CCNCc1coc(N2CC3CCCCN3CC2C)n1. The first kappa shape index (κ1) is 13.9. The fraction of sp³-hybridized carbons (Fsp3) is 0.800. The Balaban J connectivity index is 1.67. The van der Waals surface area contributed by atoms with Gasteiger partial charge in [-0.3, -0.25) is 4.90 Å². The number of anilines is 1. The van der Waals surface area contributed by atoms with Crippen molar-refractivity contribution in [3.05, 3.63) is 12.0 Å². The molecule has 1 N–H and O–H groups in total. The van der Waals surface area contributed by atoms with Crippen molar-refractivity contribution in [2.75, 3.05) is 31.1 Å². The number of piperidine rings is 1. The molecule has 2 aliphatic heterocycles. The summed E-state index contributed by atoms with van der Waals surface area (Å²) < 4.78 is 5.71. The molecule has 0 bridgehead atoms. The van der Waals surface area contributed by atoms with Crippen LogP contribution in [0.25, 0.3) is 0 Å². The van der Waals surface area contributed by atoms with Gasteiger partial charge in [-0.25, -0.2) is 0 Å². The molecular formula is C15H26N4O. The zero-order valence-electron chi connectivity index (χ0n) is 12.6. The predicted octanol–water partition coefficient (Wildman–Crippen LogP) is 1.85. The molecule has 1 aromatic rings. The Bertz CT molecular complexity index is 433. The third kappa shape index (κ3) is 2.83. The molecule has 2 fully saturated rings. The highest BCUT2D eigenvalue weighted by Gasteiger charge is 2.34. The summed E-state index contributed by atoms with van der Waals surface area (Å²) in [6.45, 7) is 9.58. The first-order chi connectivity index (χ1) is 9.78. The van der Waals surface area contributed by atoms with Crippen molar-refractivity contribution in [3.8, 4) is 0 Å². The summed E-state index contributed by atoms with van der Waals surface area (Å²) in [4.78, 5) is 9.63. The summed E-state index contributed by atoms with van der Waals surface area (Å²) >= 11 is 0. The van der Waals surface area contributed by atoms with E-state index in [9.17, 15) is 0 Å². The summed E-state index contributed by atoms with van der Waals surface area (Å²) in [5, 5.41) is 3.29. The molecule has 2 atom stereocenters. The largest absolute Gasteiger partial charge is 0.432 e. The van der Waals surface area contributed by atoms with Crippen LogP contribution in [0.3, 0.4) is 0 Å². The van der Waals surface area contributed by atoms with E-state index in [4.69, 9.17) is 4.42 Å². The summed E-state index contributed by atoms with van der Waals surface area (Å²) in [6, 6.07) is 1.97. The maximum absolute atomic E-state index is 5.71. The van der Waals surface area contributed by atoms with E-state index in [-0.39, 0.29) is 0 Å². The van der Waals surface area contributed by atoms with E-state index < -0.39 is 0 Å². The van der Waals surface area contributed by atoms with Crippen LogP contribution >= 0.6 is 0 Å². The molecule has 3 heterocycles. The van der Waals surface area contributed by atoms with Gasteiger partial charge >= 0.3 is 0 Å². The first-order valence-corrected chi connectivity index (χ1v) is 7.93. The highest BCUT2D eigenvalue weighted by Crippen LogP contribution is 2.27. The van der Waals surface area contributed by atoms with Crippen molar-refractivity contribution < 1.29 is 4.42 Å². The highest BCUT2D eigenvalue weighted by atomic mass is 16.4. The Kier molecular flexibility index (Phi) is 4.27.